The molecule has 0 aliphatic rings. The maximum Gasteiger partial charge on any atom is 0.449 e. The highest BCUT2D eigenvalue weighted by atomic mass is 19.4. The number of aromatic nitrogens is 5. The zero-order valence-corrected chi connectivity index (χ0v) is 18.6. The lowest BCUT2D eigenvalue weighted by Crippen LogP contribution is -2.26. The molecule has 1 aromatic carbocycles. The van der Waals surface area contributed by atoms with Crippen molar-refractivity contribution in [2.75, 3.05) is 13.7 Å². The maximum absolute atomic E-state index is 13.7. The number of fused-ring (bicyclic) bond motifs is 1. The number of nitrogens with zero attached hydrogens (tertiary/aromatic N) is 5. The summed E-state index contributed by atoms with van der Waals surface area (Å²) in [5.74, 6) is -1.33. The highest BCUT2D eigenvalue weighted by Gasteiger charge is 2.37. The zero-order chi connectivity index (χ0) is 26.1. The molecule has 1 N–H and O–H groups in total. The van der Waals surface area contributed by atoms with E-state index in [0.29, 0.717) is 15.8 Å². The second kappa shape index (κ2) is 9.51. The highest BCUT2D eigenvalue weighted by Crippen LogP contribution is 2.33. The van der Waals surface area contributed by atoms with Gasteiger partial charge in [0, 0.05) is 31.0 Å². The van der Waals surface area contributed by atoms with E-state index in [0.717, 1.165) is 23.0 Å². The molecule has 8 nitrogen and oxygen atoms in total. The van der Waals surface area contributed by atoms with Gasteiger partial charge in [-0.2, -0.15) is 31.4 Å². The van der Waals surface area contributed by atoms with E-state index in [1.807, 2.05) is 0 Å². The number of hydrogen-bond acceptors (Lipinski definition) is 5. The Morgan fingerprint density at radius 1 is 1.08 bits per heavy atom. The summed E-state index contributed by atoms with van der Waals surface area (Å²) in [5.41, 5.74) is -1.34. The van der Waals surface area contributed by atoms with Crippen LogP contribution in [-0.4, -0.2) is 43.7 Å². The minimum Gasteiger partial charge on any atom is -0.497 e. The lowest BCUT2D eigenvalue weighted by molar-refractivity contribution is -0.147. The van der Waals surface area contributed by atoms with Crippen molar-refractivity contribution in [3.8, 4) is 17.0 Å². The number of amides is 1. The van der Waals surface area contributed by atoms with Gasteiger partial charge in [-0.15, -0.1) is 0 Å². The summed E-state index contributed by atoms with van der Waals surface area (Å²) in [6.07, 6.45) is -6.15. The molecule has 0 aliphatic carbocycles. The molecule has 14 heteroatoms. The first-order valence-corrected chi connectivity index (χ1v) is 10.5. The summed E-state index contributed by atoms with van der Waals surface area (Å²) >= 11 is 0. The Bertz CT molecular complexity index is 1370. The normalized spacial score (nSPS) is 12.2. The van der Waals surface area contributed by atoms with Crippen LogP contribution in [0.4, 0.5) is 26.3 Å². The Morgan fingerprint density at radius 2 is 1.81 bits per heavy atom. The minimum absolute atomic E-state index is 0.0354. The van der Waals surface area contributed by atoms with Gasteiger partial charge >= 0.3 is 12.4 Å². The quantitative estimate of drug-likeness (QED) is 0.292. The van der Waals surface area contributed by atoms with Crippen LogP contribution < -0.4 is 10.1 Å². The number of methoxy groups -OCH3 is 1. The molecule has 3 aromatic heterocycles. The third kappa shape index (κ3) is 5.11. The third-order valence-electron chi connectivity index (χ3n) is 5.22. The largest absolute Gasteiger partial charge is 0.497 e. The van der Waals surface area contributed by atoms with E-state index < -0.39 is 29.8 Å². The Kier molecular flexibility index (Phi) is 6.61. The van der Waals surface area contributed by atoms with Gasteiger partial charge in [0.05, 0.1) is 19.0 Å². The van der Waals surface area contributed by atoms with Crippen molar-refractivity contribution >= 4 is 11.6 Å². The molecule has 0 bridgehead atoms. The zero-order valence-electron chi connectivity index (χ0n) is 18.6. The number of ether oxygens (including phenoxy) is 1. The molecular weight excluding hydrogens is 494 g/mol. The number of halogens is 6. The Labute approximate surface area is 199 Å². The number of imidazole rings is 1. The lowest BCUT2D eigenvalue weighted by atomic mass is 10.1. The second-order valence-electron chi connectivity index (χ2n) is 7.60. The van der Waals surface area contributed by atoms with Gasteiger partial charge in [0.2, 0.25) is 5.82 Å². The van der Waals surface area contributed by atoms with Gasteiger partial charge in [-0.3, -0.25) is 4.79 Å². The first kappa shape index (κ1) is 25.0. The molecule has 0 unspecified atom stereocenters. The van der Waals surface area contributed by atoms with Gasteiger partial charge in [0.1, 0.15) is 11.3 Å². The smallest absolute Gasteiger partial charge is 0.449 e. The summed E-state index contributed by atoms with van der Waals surface area (Å²) in [5, 5.41) is 6.18. The molecule has 0 radical (unpaired) electrons. The lowest BCUT2D eigenvalue weighted by Gasteiger charge is -2.12. The van der Waals surface area contributed by atoms with Crippen LogP contribution in [0, 0.1) is 0 Å². The SMILES string of the molecule is COc1ccc(-c2cc(C(F)(F)F)n3ncc(C(=O)NCCCn4ccnc4C(F)(F)F)c3n2)cc1. The number of hydrogen-bond donors (Lipinski definition) is 1. The van der Waals surface area contributed by atoms with Gasteiger partial charge in [0.25, 0.3) is 5.91 Å². The molecule has 0 atom stereocenters. The van der Waals surface area contributed by atoms with Crippen LogP contribution in [0.15, 0.2) is 48.9 Å². The van der Waals surface area contributed by atoms with Crippen molar-refractivity contribution in [2.45, 2.75) is 25.3 Å². The van der Waals surface area contributed by atoms with Crippen molar-refractivity contribution in [1.82, 2.24) is 29.5 Å². The van der Waals surface area contributed by atoms with Gasteiger partial charge in [-0.1, -0.05) is 0 Å². The van der Waals surface area contributed by atoms with E-state index in [-0.39, 0.29) is 36.4 Å². The molecule has 0 fully saturated rings. The predicted molar refractivity (Wildman–Crippen MR) is 114 cm³/mol. The molecule has 36 heavy (non-hydrogen) atoms. The highest BCUT2D eigenvalue weighted by molar-refractivity contribution is 5.99. The summed E-state index contributed by atoms with van der Waals surface area (Å²) in [4.78, 5) is 20.2. The van der Waals surface area contributed by atoms with E-state index in [1.165, 1.54) is 25.4 Å². The molecule has 4 rings (SSSR count). The molecule has 0 saturated heterocycles. The first-order valence-electron chi connectivity index (χ1n) is 10.5. The number of nitrogens with one attached hydrogen (secondary N) is 1. The number of aryl methyl sites for hydroxylation is 1. The molecule has 0 spiro atoms. The van der Waals surface area contributed by atoms with E-state index in [9.17, 15) is 31.1 Å². The Balaban J connectivity index is 1.56. The van der Waals surface area contributed by atoms with Gasteiger partial charge in [-0.05, 0) is 36.8 Å². The summed E-state index contributed by atoms with van der Waals surface area (Å²) in [6, 6.07) is 7.00. The van der Waals surface area contributed by atoms with Crippen molar-refractivity contribution in [1.29, 1.82) is 0 Å². The monoisotopic (exact) mass is 512 g/mol. The summed E-state index contributed by atoms with van der Waals surface area (Å²) in [7, 11) is 1.45. The van der Waals surface area contributed by atoms with Crippen LogP contribution >= 0.6 is 0 Å². The molecule has 1 amide bonds. The number of rotatable bonds is 7. The van der Waals surface area contributed by atoms with Gasteiger partial charge in [-0.25, -0.2) is 14.5 Å². The molecular formula is C22H18F6N6O2. The van der Waals surface area contributed by atoms with Crippen LogP contribution in [0.5, 0.6) is 5.75 Å². The van der Waals surface area contributed by atoms with E-state index in [4.69, 9.17) is 4.74 Å². The van der Waals surface area contributed by atoms with Crippen LogP contribution in [0.2, 0.25) is 0 Å². The van der Waals surface area contributed by atoms with Gasteiger partial charge in [0.15, 0.2) is 11.3 Å². The molecule has 0 aliphatic heterocycles. The fourth-order valence-electron chi connectivity index (χ4n) is 3.53. The van der Waals surface area contributed by atoms with E-state index in [2.05, 4.69) is 20.4 Å². The predicted octanol–water partition coefficient (Wildman–Crippen LogP) is 4.46. The number of carbonyl (C=O) groups excluding carboxylic acids is 1. The maximum atomic E-state index is 13.7. The minimum atomic E-state index is -4.79. The van der Waals surface area contributed by atoms with Crippen LogP contribution in [0.1, 0.15) is 28.3 Å². The summed E-state index contributed by atoms with van der Waals surface area (Å²) in [6.45, 7) is -0.127. The Hall–Kier alpha value is -4.10. The molecule has 3 heterocycles. The van der Waals surface area contributed by atoms with Crippen molar-refractivity contribution in [3.63, 3.8) is 0 Å². The topological polar surface area (TPSA) is 86.3 Å². The van der Waals surface area contributed by atoms with Crippen LogP contribution in [-0.2, 0) is 18.9 Å². The number of benzene rings is 1. The first-order chi connectivity index (χ1) is 17.0. The third-order valence-corrected chi connectivity index (χ3v) is 5.22. The van der Waals surface area contributed by atoms with Crippen molar-refractivity contribution < 1.29 is 35.9 Å². The molecule has 0 saturated carbocycles. The summed E-state index contributed by atoms with van der Waals surface area (Å²) < 4.78 is 86.4. The van der Waals surface area contributed by atoms with Crippen LogP contribution in [0.25, 0.3) is 16.9 Å². The average molecular weight is 512 g/mol. The van der Waals surface area contributed by atoms with Crippen molar-refractivity contribution in [2.24, 2.45) is 0 Å². The number of carbonyl (C=O) groups is 1. The fraction of sp³-hybridized carbons (Fsp3) is 0.273. The van der Waals surface area contributed by atoms with Gasteiger partial charge < -0.3 is 14.6 Å². The van der Waals surface area contributed by atoms with E-state index in [1.54, 1.807) is 12.1 Å². The van der Waals surface area contributed by atoms with Crippen LogP contribution in [0.3, 0.4) is 0 Å². The number of alkyl halides is 6. The molecule has 190 valence electrons. The second-order valence-corrected chi connectivity index (χ2v) is 7.60. The fourth-order valence-corrected chi connectivity index (χ4v) is 3.53. The standard InChI is InChI=1S/C22H18F6N6O2/c1-36-14-5-3-13(4-6-14)16-11-17(21(23,24)25)34-18(32-16)15(12-31-34)19(35)29-7-2-9-33-10-8-30-20(33)22(26,27)28/h3-6,8,10-12H,2,7,9H2,1H3,(H,29,35). The van der Waals surface area contributed by atoms with E-state index >= 15 is 0 Å². The molecule has 4 aromatic rings. The Morgan fingerprint density at radius 3 is 2.44 bits per heavy atom. The van der Waals surface area contributed by atoms with Crippen molar-refractivity contribution in [3.05, 3.63) is 66.0 Å². The average Bonchev–Trinajstić information content (AvgIpc) is 3.47.